The summed E-state index contributed by atoms with van der Waals surface area (Å²) in [6, 6.07) is 9.27. The Balaban J connectivity index is 1.84. The van der Waals surface area contributed by atoms with Gasteiger partial charge in [-0.15, -0.1) is 0 Å². The van der Waals surface area contributed by atoms with Crippen LogP contribution in [0.2, 0.25) is 0 Å². The van der Waals surface area contributed by atoms with Gasteiger partial charge in [-0.25, -0.2) is 0 Å². The van der Waals surface area contributed by atoms with E-state index in [0.29, 0.717) is 5.41 Å². The van der Waals surface area contributed by atoms with Gasteiger partial charge in [0, 0.05) is 13.7 Å². The minimum absolute atomic E-state index is 0.394. The highest BCUT2D eigenvalue weighted by Crippen LogP contribution is 2.53. The maximum Gasteiger partial charge on any atom is 0.0587 e. The van der Waals surface area contributed by atoms with Crippen molar-refractivity contribution in [2.45, 2.75) is 38.5 Å². The molecular weight excluding hydrogens is 234 g/mol. The number of ether oxygens (including phenoxy) is 1. The molecule has 0 aliphatic heterocycles. The van der Waals surface area contributed by atoms with E-state index in [9.17, 15) is 0 Å². The van der Waals surface area contributed by atoms with Gasteiger partial charge in [-0.2, -0.15) is 0 Å². The number of benzene rings is 1. The number of nitrogens with one attached hydrogen (secondary N) is 1. The van der Waals surface area contributed by atoms with Crippen LogP contribution in [0.4, 0.5) is 0 Å². The molecule has 2 atom stereocenters. The largest absolute Gasteiger partial charge is 0.383 e. The number of aryl methyl sites for hydroxylation is 1. The van der Waals surface area contributed by atoms with E-state index in [4.69, 9.17) is 4.74 Å². The normalized spacial score (nSPS) is 25.5. The van der Waals surface area contributed by atoms with Crippen molar-refractivity contribution in [3.63, 3.8) is 0 Å². The second-order valence-corrected chi connectivity index (χ2v) is 5.96. The fourth-order valence-corrected chi connectivity index (χ4v) is 2.90. The average Bonchev–Trinajstić information content (AvgIpc) is 3.08. The fraction of sp³-hybridized carbons (Fsp3) is 0.647. The van der Waals surface area contributed by atoms with Gasteiger partial charge in [-0.3, -0.25) is 0 Å². The van der Waals surface area contributed by atoms with Crippen LogP contribution in [0.15, 0.2) is 24.3 Å². The van der Waals surface area contributed by atoms with Crippen LogP contribution in [0.25, 0.3) is 0 Å². The van der Waals surface area contributed by atoms with Crippen molar-refractivity contribution in [3.8, 4) is 0 Å². The van der Waals surface area contributed by atoms with E-state index in [1.165, 1.54) is 30.4 Å². The lowest BCUT2D eigenvalue weighted by molar-refractivity contribution is 0.199. The van der Waals surface area contributed by atoms with Gasteiger partial charge >= 0.3 is 0 Å². The number of hydrogen-bond acceptors (Lipinski definition) is 2. The Morgan fingerprint density at radius 2 is 2.05 bits per heavy atom. The Labute approximate surface area is 117 Å². The molecule has 19 heavy (non-hydrogen) atoms. The molecule has 1 N–H and O–H groups in total. The summed E-state index contributed by atoms with van der Waals surface area (Å²) in [7, 11) is 1.75. The summed E-state index contributed by atoms with van der Waals surface area (Å²) >= 11 is 0. The minimum atomic E-state index is 0.394. The maximum atomic E-state index is 5.05. The molecular formula is C17H27NO. The lowest BCUT2D eigenvalue weighted by Crippen LogP contribution is -2.23. The highest BCUT2D eigenvalue weighted by molar-refractivity contribution is 5.35. The van der Waals surface area contributed by atoms with E-state index in [0.717, 1.165) is 25.6 Å². The molecule has 0 saturated heterocycles. The van der Waals surface area contributed by atoms with Crippen molar-refractivity contribution >= 4 is 0 Å². The molecule has 0 heterocycles. The molecule has 0 aromatic heterocycles. The zero-order valence-corrected chi connectivity index (χ0v) is 12.5. The van der Waals surface area contributed by atoms with Gasteiger partial charge in [0.05, 0.1) is 6.61 Å². The van der Waals surface area contributed by atoms with Crippen molar-refractivity contribution in [1.29, 1.82) is 0 Å². The first-order valence-electron chi connectivity index (χ1n) is 7.49. The molecule has 1 aromatic carbocycles. The highest BCUT2D eigenvalue weighted by Gasteiger charge is 2.50. The number of hydrogen-bond donors (Lipinski definition) is 1. The predicted octanol–water partition coefficient (Wildman–Crippen LogP) is 3.15. The number of methoxy groups -OCH3 is 1. The highest BCUT2D eigenvalue weighted by atomic mass is 16.5. The van der Waals surface area contributed by atoms with Gasteiger partial charge in [0.15, 0.2) is 0 Å². The van der Waals surface area contributed by atoms with Crippen LogP contribution in [-0.4, -0.2) is 26.8 Å². The lowest BCUT2D eigenvalue weighted by Gasteiger charge is -2.13. The Kier molecular flexibility index (Phi) is 5.00. The summed E-state index contributed by atoms with van der Waals surface area (Å²) < 4.78 is 5.05. The Morgan fingerprint density at radius 3 is 2.68 bits per heavy atom. The van der Waals surface area contributed by atoms with Gasteiger partial charge in [0.25, 0.3) is 0 Å². The molecule has 0 bridgehead atoms. The average molecular weight is 261 g/mol. The van der Waals surface area contributed by atoms with Gasteiger partial charge in [-0.1, -0.05) is 44.5 Å². The monoisotopic (exact) mass is 261 g/mol. The third-order valence-corrected chi connectivity index (χ3v) is 4.44. The second-order valence-electron chi connectivity index (χ2n) is 5.96. The Hall–Kier alpha value is -0.860. The first-order chi connectivity index (χ1) is 9.20. The molecule has 1 fully saturated rings. The minimum Gasteiger partial charge on any atom is -0.383 e. The lowest BCUT2D eigenvalue weighted by atomic mass is 9.94. The van der Waals surface area contributed by atoms with Crippen LogP contribution in [0.3, 0.4) is 0 Å². The van der Waals surface area contributed by atoms with Gasteiger partial charge in [-0.05, 0) is 41.8 Å². The van der Waals surface area contributed by atoms with Crippen molar-refractivity contribution in [1.82, 2.24) is 5.32 Å². The summed E-state index contributed by atoms with van der Waals surface area (Å²) in [5.74, 6) is 0.779. The Bertz CT molecular complexity index is 387. The van der Waals surface area contributed by atoms with Crippen LogP contribution < -0.4 is 5.32 Å². The van der Waals surface area contributed by atoms with Crippen LogP contribution in [0.1, 0.15) is 37.8 Å². The van der Waals surface area contributed by atoms with Gasteiger partial charge in [0.1, 0.15) is 0 Å². The zero-order valence-electron chi connectivity index (χ0n) is 12.5. The van der Waals surface area contributed by atoms with Crippen molar-refractivity contribution in [2.24, 2.45) is 5.92 Å². The third-order valence-electron chi connectivity index (χ3n) is 4.44. The van der Waals surface area contributed by atoms with E-state index >= 15 is 0 Å². The molecule has 0 radical (unpaired) electrons. The zero-order chi connectivity index (χ0) is 13.7. The number of rotatable bonds is 8. The summed E-state index contributed by atoms with van der Waals surface area (Å²) in [4.78, 5) is 0. The quantitative estimate of drug-likeness (QED) is 0.726. The molecule has 2 unspecified atom stereocenters. The molecule has 1 saturated carbocycles. The van der Waals surface area contributed by atoms with E-state index in [-0.39, 0.29) is 0 Å². The van der Waals surface area contributed by atoms with Crippen LogP contribution in [0.5, 0.6) is 0 Å². The van der Waals surface area contributed by atoms with Crippen LogP contribution in [0, 0.1) is 5.92 Å². The van der Waals surface area contributed by atoms with E-state index in [2.05, 4.69) is 43.4 Å². The predicted molar refractivity (Wildman–Crippen MR) is 80.6 cm³/mol. The molecule has 2 nitrogen and oxygen atoms in total. The van der Waals surface area contributed by atoms with Gasteiger partial charge < -0.3 is 10.1 Å². The fourth-order valence-electron chi connectivity index (χ4n) is 2.90. The van der Waals surface area contributed by atoms with Crippen LogP contribution >= 0.6 is 0 Å². The molecule has 106 valence electrons. The smallest absolute Gasteiger partial charge is 0.0587 e. The molecule has 0 amide bonds. The third kappa shape index (κ3) is 3.58. The first kappa shape index (κ1) is 14.5. The molecule has 0 spiro atoms. The van der Waals surface area contributed by atoms with E-state index in [1.54, 1.807) is 7.11 Å². The molecule has 1 aliphatic rings. The summed E-state index contributed by atoms with van der Waals surface area (Å²) in [5, 5.41) is 3.48. The van der Waals surface area contributed by atoms with Crippen molar-refractivity contribution in [2.75, 3.05) is 26.8 Å². The maximum absolute atomic E-state index is 5.05. The van der Waals surface area contributed by atoms with Crippen molar-refractivity contribution in [3.05, 3.63) is 35.4 Å². The second kappa shape index (κ2) is 6.53. The molecule has 1 aromatic rings. The SMILES string of the molecule is CCCc1ccc(C2(C)CC2CNCCOC)cc1. The van der Waals surface area contributed by atoms with Crippen molar-refractivity contribution < 1.29 is 4.74 Å². The molecule has 1 aliphatic carbocycles. The van der Waals surface area contributed by atoms with E-state index in [1.807, 2.05) is 0 Å². The summed E-state index contributed by atoms with van der Waals surface area (Å²) in [6.07, 6.45) is 3.72. The van der Waals surface area contributed by atoms with E-state index < -0.39 is 0 Å². The summed E-state index contributed by atoms with van der Waals surface area (Å²) in [6.45, 7) is 7.49. The summed E-state index contributed by atoms with van der Waals surface area (Å²) in [5.41, 5.74) is 3.36. The Morgan fingerprint density at radius 1 is 1.32 bits per heavy atom. The van der Waals surface area contributed by atoms with Crippen LogP contribution in [-0.2, 0) is 16.6 Å². The molecule has 2 rings (SSSR count). The molecule has 2 heteroatoms. The van der Waals surface area contributed by atoms with Gasteiger partial charge in [0.2, 0.25) is 0 Å². The standard InChI is InChI=1S/C17H27NO/c1-4-5-14-6-8-15(9-7-14)17(2)12-16(17)13-18-10-11-19-3/h6-9,16,18H,4-5,10-13H2,1-3H3. The topological polar surface area (TPSA) is 21.3 Å². The first-order valence-corrected chi connectivity index (χ1v) is 7.49.